The zero-order valence-corrected chi connectivity index (χ0v) is 45.7. The smallest absolute Gasteiger partial charge is 0.462 e. The highest BCUT2D eigenvalue weighted by Crippen LogP contribution is 2.45. The Morgan fingerprint density at radius 3 is 1.20 bits per heavy atom. The molecule has 71 heavy (non-hydrogen) atoms. The minimum absolute atomic E-state index is 0.0435. The summed E-state index contributed by atoms with van der Waals surface area (Å²) in [6, 6.07) is 0. The molecule has 0 heterocycles. The van der Waals surface area contributed by atoms with Crippen LogP contribution in [-0.4, -0.2) is 96.7 Å². The molecule has 0 amide bonds. The molecule has 0 saturated carbocycles. The van der Waals surface area contributed by atoms with Crippen LogP contribution in [0.3, 0.4) is 0 Å². The molecule has 0 aromatic carbocycles. The third-order valence-electron chi connectivity index (χ3n) is 10.9. The van der Waals surface area contributed by atoms with Gasteiger partial charge in [0.25, 0.3) is 0 Å². The summed E-state index contributed by atoms with van der Waals surface area (Å²) in [6.07, 6.45) is 34.9. The first kappa shape index (κ1) is 68.3. The Labute approximate surface area is 426 Å². The van der Waals surface area contributed by atoms with E-state index in [1.807, 2.05) is 6.92 Å². The molecule has 0 aromatic heterocycles. The highest BCUT2D eigenvalue weighted by molar-refractivity contribution is 7.47. The first-order chi connectivity index (χ1) is 34.2. The summed E-state index contributed by atoms with van der Waals surface area (Å²) >= 11 is 0. The number of carbonyl (C=O) groups excluding carboxylic acids is 4. The number of phosphoric ester groups is 2. The van der Waals surface area contributed by atoms with Gasteiger partial charge in [-0.2, -0.15) is 0 Å². The second-order valence-electron chi connectivity index (χ2n) is 17.8. The van der Waals surface area contributed by atoms with Gasteiger partial charge in [0.2, 0.25) is 0 Å². The molecule has 3 N–H and O–H groups in total. The van der Waals surface area contributed by atoms with Gasteiger partial charge in [-0.15, -0.1) is 0 Å². The van der Waals surface area contributed by atoms with Crippen LogP contribution >= 0.6 is 15.6 Å². The number of hydrogen-bond donors (Lipinski definition) is 3. The van der Waals surface area contributed by atoms with E-state index in [1.165, 1.54) is 51.4 Å². The summed E-state index contributed by atoms with van der Waals surface area (Å²) in [4.78, 5) is 69.8. The van der Waals surface area contributed by atoms with E-state index in [0.717, 1.165) is 89.9 Å². The van der Waals surface area contributed by atoms with Gasteiger partial charge in [-0.3, -0.25) is 37.3 Å². The first-order valence-corrected chi connectivity index (χ1v) is 29.7. The Balaban J connectivity index is 4.79. The number of esters is 4. The van der Waals surface area contributed by atoms with Gasteiger partial charge < -0.3 is 33.8 Å². The topological polar surface area (TPSA) is 237 Å². The molecule has 0 aliphatic rings. The van der Waals surface area contributed by atoms with Gasteiger partial charge in [0.15, 0.2) is 12.2 Å². The predicted octanol–water partition coefficient (Wildman–Crippen LogP) is 12.6. The number of unbranched alkanes of at least 4 members (excludes halogenated alkanes) is 19. The van der Waals surface area contributed by atoms with E-state index in [4.69, 9.17) is 37.0 Å². The minimum Gasteiger partial charge on any atom is -0.462 e. The maximum atomic E-state index is 12.7. The SMILES string of the molecule is CCCC/C=C/C/C=C/CCCCCCCC(=O)O[C@H](COC(=O)CC)COP(=O)(O)OC[C@@H](O)COP(=O)(O)OC[C@@H](COC(=O)CCCC)OC(=O)CCCCCCCCCC/C=C\CCCCC. The normalized spacial score (nSPS) is 14.9. The monoisotopic (exact) mass is 1050 g/mol. The van der Waals surface area contributed by atoms with E-state index in [9.17, 15) is 43.2 Å². The Bertz CT molecular complexity index is 1540. The van der Waals surface area contributed by atoms with Crippen LogP contribution in [0.2, 0.25) is 0 Å². The van der Waals surface area contributed by atoms with Gasteiger partial charge in [0.1, 0.15) is 19.3 Å². The lowest BCUT2D eigenvalue weighted by atomic mass is 10.1. The Morgan fingerprint density at radius 1 is 0.408 bits per heavy atom. The maximum absolute atomic E-state index is 12.7. The first-order valence-electron chi connectivity index (χ1n) is 26.7. The van der Waals surface area contributed by atoms with Crippen LogP contribution in [0.1, 0.15) is 214 Å². The third kappa shape index (κ3) is 46.8. The number of carbonyl (C=O) groups is 4. The van der Waals surface area contributed by atoms with Gasteiger partial charge in [0, 0.05) is 25.7 Å². The van der Waals surface area contributed by atoms with E-state index >= 15 is 0 Å². The lowest BCUT2D eigenvalue weighted by Gasteiger charge is -2.21. The Morgan fingerprint density at radius 2 is 0.761 bits per heavy atom. The lowest BCUT2D eigenvalue weighted by molar-refractivity contribution is -0.161. The summed E-state index contributed by atoms with van der Waals surface area (Å²) in [5, 5.41) is 10.3. The number of phosphoric acid groups is 2. The quantitative estimate of drug-likeness (QED) is 0.0169. The van der Waals surface area contributed by atoms with E-state index < -0.39 is 97.5 Å². The molecule has 0 bridgehead atoms. The summed E-state index contributed by atoms with van der Waals surface area (Å²) in [6.45, 7) is 3.82. The third-order valence-corrected chi connectivity index (χ3v) is 12.8. The molecule has 0 saturated heterocycles. The molecular formula is C52H94O17P2. The molecule has 19 heteroatoms. The van der Waals surface area contributed by atoms with Crippen molar-refractivity contribution >= 4 is 39.5 Å². The van der Waals surface area contributed by atoms with E-state index in [0.29, 0.717) is 19.3 Å². The van der Waals surface area contributed by atoms with Gasteiger partial charge >= 0.3 is 39.5 Å². The van der Waals surface area contributed by atoms with Crippen LogP contribution in [0, 0.1) is 0 Å². The predicted molar refractivity (Wildman–Crippen MR) is 275 cm³/mol. The number of allylic oxidation sites excluding steroid dienone is 6. The van der Waals surface area contributed by atoms with Gasteiger partial charge in [0.05, 0.1) is 26.4 Å². The largest absolute Gasteiger partial charge is 0.472 e. The Kier molecular flexibility index (Phi) is 45.2. The molecule has 0 aromatic rings. The molecule has 0 spiro atoms. The van der Waals surface area contributed by atoms with Crippen molar-refractivity contribution < 1.29 is 80.2 Å². The molecule has 17 nitrogen and oxygen atoms in total. The fourth-order valence-corrected chi connectivity index (χ4v) is 8.24. The van der Waals surface area contributed by atoms with Crippen molar-refractivity contribution in [3.8, 4) is 0 Å². The van der Waals surface area contributed by atoms with Gasteiger partial charge in [-0.05, 0) is 70.6 Å². The highest BCUT2D eigenvalue weighted by Gasteiger charge is 2.30. The van der Waals surface area contributed by atoms with Crippen molar-refractivity contribution in [1.82, 2.24) is 0 Å². The highest BCUT2D eigenvalue weighted by atomic mass is 31.2. The fourth-order valence-electron chi connectivity index (χ4n) is 6.66. The molecule has 0 radical (unpaired) electrons. The van der Waals surface area contributed by atoms with Crippen molar-refractivity contribution in [1.29, 1.82) is 0 Å². The zero-order valence-electron chi connectivity index (χ0n) is 43.9. The Hall–Kier alpha value is -2.72. The number of aliphatic hydroxyl groups excluding tert-OH is 1. The van der Waals surface area contributed by atoms with Crippen LogP contribution < -0.4 is 0 Å². The van der Waals surface area contributed by atoms with Crippen molar-refractivity contribution in [2.45, 2.75) is 232 Å². The fraction of sp³-hybridized carbons (Fsp3) is 0.808. The molecule has 2 unspecified atom stereocenters. The van der Waals surface area contributed by atoms with Crippen LogP contribution in [0.15, 0.2) is 36.5 Å². The van der Waals surface area contributed by atoms with E-state index in [1.54, 1.807) is 6.92 Å². The van der Waals surface area contributed by atoms with Crippen molar-refractivity contribution in [3.63, 3.8) is 0 Å². The summed E-state index contributed by atoms with van der Waals surface area (Å²) < 4.78 is 66.1. The second-order valence-corrected chi connectivity index (χ2v) is 20.7. The maximum Gasteiger partial charge on any atom is 0.472 e. The standard InChI is InChI=1S/C52H94O17P2/c1-5-9-12-14-16-18-20-22-24-26-28-30-32-34-36-39-52(57)69-48(43-63-50(55)37-11-7-3)45-67-71(60,61)65-41-46(53)40-64-70(58,59)66-44-47(42-62-49(54)8-4)68-51(56)38-35-33-31-29-27-25-23-21-19-17-15-13-10-6-2/h15-18,21,23,46-48,53H,5-14,19-20,22,24-45H2,1-4H3,(H,58,59)(H,60,61)/b17-15+,18-16-,23-21+/t46-,47-,48-/m1/s1. The summed E-state index contributed by atoms with van der Waals surface area (Å²) in [7, 11) is -9.83. The minimum atomic E-state index is -4.92. The summed E-state index contributed by atoms with van der Waals surface area (Å²) in [5.74, 6) is -2.32. The van der Waals surface area contributed by atoms with E-state index in [2.05, 4.69) is 50.3 Å². The van der Waals surface area contributed by atoms with Crippen LogP contribution in [0.5, 0.6) is 0 Å². The summed E-state index contributed by atoms with van der Waals surface area (Å²) in [5.41, 5.74) is 0. The van der Waals surface area contributed by atoms with Crippen LogP contribution in [0.4, 0.5) is 0 Å². The zero-order chi connectivity index (χ0) is 52.7. The molecule has 0 aliphatic heterocycles. The molecule has 0 aliphatic carbocycles. The van der Waals surface area contributed by atoms with Crippen molar-refractivity contribution in [3.05, 3.63) is 36.5 Å². The molecular weight excluding hydrogens is 959 g/mol. The average molecular weight is 1050 g/mol. The molecule has 0 rings (SSSR count). The van der Waals surface area contributed by atoms with Crippen molar-refractivity contribution in [2.75, 3.05) is 39.6 Å². The second kappa shape index (κ2) is 47.0. The average Bonchev–Trinajstić information content (AvgIpc) is 3.34. The molecule has 0 fully saturated rings. The number of rotatable bonds is 50. The number of aliphatic hydroxyl groups is 1. The molecule has 5 atom stereocenters. The van der Waals surface area contributed by atoms with Crippen molar-refractivity contribution in [2.24, 2.45) is 0 Å². The van der Waals surface area contributed by atoms with E-state index in [-0.39, 0.29) is 25.7 Å². The number of hydrogen-bond acceptors (Lipinski definition) is 15. The van der Waals surface area contributed by atoms with Crippen LogP contribution in [-0.2, 0) is 65.4 Å². The number of ether oxygens (including phenoxy) is 4. The molecule has 414 valence electrons. The lowest BCUT2D eigenvalue weighted by Crippen LogP contribution is -2.30. The van der Waals surface area contributed by atoms with Crippen LogP contribution in [0.25, 0.3) is 0 Å². The van der Waals surface area contributed by atoms with Gasteiger partial charge in [-0.1, -0.05) is 154 Å². The van der Waals surface area contributed by atoms with Gasteiger partial charge in [-0.25, -0.2) is 9.13 Å².